The minimum absolute atomic E-state index is 0.0564. The molecule has 2 heterocycles. The molecule has 1 aliphatic rings. The highest BCUT2D eigenvalue weighted by Gasteiger charge is 2.40. The van der Waals surface area contributed by atoms with Crippen molar-refractivity contribution in [2.24, 2.45) is 5.41 Å². The van der Waals surface area contributed by atoms with Crippen LogP contribution in [0.15, 0.2) is 12.4 Å². The Morgan fingerprint density at radius 2 is 2.11 bits per heavy atom. The van der Waals surface area contributed by atoms with E-state index >= 15 is 0 Å². The first-order valence-electron chi connectivity index (χ1n) is 6.46. The van der Waals surface area contributed by atoms with Crippen molar-refractivity contribution in [1.82, 2.24) is 15.1 Å². The fourth-order valence-electron chi connectivity index (χ4n) is 2.12. The number of nitrogens with one attached hydrogen (secondary N) is 1. The van der Waals surface area contributed by atoms with Crippen molar-refractivity contribution < 1.29 is 9.59 Å². The lowest BCUT2D eigenvalue weighted by atomic mass is 9.84. The standard InChI is InChI=1S/C13H20N4O2/c1-5-16-7-9(6-14-16)17-8-10(18)15-11(12(17)19)13(2,3)4/h6-7,11H,5,8H2,1-4H3,(H,15,18). The van der Waals surface area contributed by atoms with Crippen LogP contribution in [-0.4, -0.2) is 34.2 Å². The zero-order chi connectivity index (χ0) is 14.2. The summed E-state index contributed by atoms with van der Waals surface area (Å²) in [4.78, 5) is 25.8. The molecule has 1 aromatic heterocycles. The minimum Gasteiger partial charge on any atom is -0.342 e. The van der Waals surface area contributed by atoms with E-state index in [1.807, 2.05) is 27.7 Å². The predicted octanol–water partition coefficient (Wildman–Crippen LogP) is 0.780. The van der Waals surface area contributed by atoms with Gasteiger partial charge in [-0.2, -0.15) is 5.10 Å². The van der Waals surface area contributed by atoms with Gasteiger partial charge in [-0.25, -0.2) is 0 Å². The number of amides is 2. The summed E-state index contributed by atoms with van der Waals surface area (Å²) in [6, 6.07) is -0.501. The molecule has 2 amide bonds. The number of carbonyl (C=O) groups is 2. The zero-order valence-corrected chi connectivity index (χ0v) is 11.8. The van der Waals surface area contributed by atoms with Gasteiger partial charge in [0.1, 0.15) is 12.6 Å². The van der Waals surface area contributed by atoms with Crippen LogP contribution < -0.4 is 10.2 Å². The summed E-state index contributed by atoms with van der Waals surface area (Å²) in [7, 11) is 0. The van der Waals surface area contributed by atoms with Crippen molar-refractivity contribution in [2.75, 3.05) is 11.4 Å². The van der Waals surface area contributed by atoms with Gasteiger partial charge in [-0.3, -0.25) is 19.2 Å². The van der Waals surface area contributed by atoms with Gasteiger partial charge in [0, 0.05) is 12.7 Å². The van der Waals surface area contributed by atoms with E-state index in [-0.39, 0.29) is 23.8 Å². The largest absolute Gasteiger partial charge is 0.342 e. The van der Waals surface area contributed by atoms with Crippen molar-refractivity contribution in [1.29, 1.82) is 0 Å². The molecular formula is C13H20N4O2. The number of rotatable bonds is 2. The van der Waals surface area contributed by atoms with Gasteiger partial charge >= 0.3 is 0 Å². The van der Waals surface area contributed by atoms with Crippen LogP contribution in [0.2, 0.25) is 0 Å². The van der Waals surface area contributed by atoms with E-state index in [0.717, 1.165) is 6.54 Å². The first-order chi connectivity index (χ1) is 8.82. The lowest BCUT2D eigenvalue weighted by Crippen LogP contribution is -2.62. The summed E-state index contributed by atoms with van der Waals surface area (Å²) in [6.07, 6.45) is 3.41. The highest BCUT2D eigenvalue weighted by atomic mass is 16.2. The second-order valence-electron chi connectivity index (χ2n) is 5.85. The molecule has 1 aromatic rings. The molecule has 1 saturated heterocycles. The molecule has 104 valence electrons. The van der Waals surface area contributed by atoms with Crippen molar-refractivity contribution in [2.45, 2.75) is 40.3 Å². The summed E-state index contributed by atoms with van der Waals surface area (Å²) in [5, 5.41) is 6.92. The Balaban J connectivity index is 2.29. The van der Waals surface area contributed by atoms with Crippen LogP contribution in [-0.2, 0) is 16.1 Å². The van der Waals surface area contributed by atoms with E-state index in [9.17, 15) is 9.59 Å². The van der Waals surface area contributed by atoms with E-state index in [4.69, 9.17) is 0 Å². The summed E-state index contributed by atoms with van der Waals surface area (Å²) in [6.45, 7) is 8.58. The quantitative estimate of drug-likeness (QED) is 0.858. The summed E-state index contributed by atoms with van der Waals surface area (Å²) >= 11 is 0. The molecule has 0 radical (unpaired) electrons. The second kappa shape index (κ2) is 4.68. The van der Waals surface area contributed by atoms with Gasteiger partial charge in [-0.15, -0.1) is 0 Å². The van der Waals surface area contributed by atoms with Crippen molar-refractivity contribution in [3.63, 3.8) is 0 Å². The highest BCUT2D eigenvalue weighted by molar-refractivity contribution is 6.06. The van der Waals surface area contributed by atoms with Gasteiger partial charge in [0.05, 0.1) is 11.9 Å². The van der Waals surface area contributed by atoms with Crippen molar-refractivity contribution in [3.8, 4) is 0 Å². The number of nitrogens with zero attached hydrogens (tertiary/aromatic N) is 3. The second-order valence-corrected chi connectivity index (χ2v) is 5.85. The molecule has 19 heavy (non-hydrogen) atoms. The Hall–Kier alpha value is -1.85. The molecule has 1 fully saturated rings. The number of piperazine rings is 1. The van der Waals surface area contributed by atoms with Crippen LogP contribution in [0.3, 0.4) is 0 Å². The van der Waals surface area contributed by atoms with Gasteiger partial charge < -0.3 is 5.32 Å². The first-order valence-corrected chi connectivity index (χ1v) is 6.46. The van der Waals surface area contributed by atoms with Gasteiger partial charge in [-0.1, -0.05) is 20.8 Å². The average molecular weight is 264 g/mol. The predicted molar refractivity (Wildman–Crippen MR) is 71.6 cm³/mol. The van der Waals surface area contributed by atoms with Crippen LogP contribution in [0.5, 0.6) is 0 Å². The van der Waals surface area contributed by atoms with E-state index in [2.05, 4.69) is 10.4 Å². The highest BCUT2D eigenvalue weighted by Crippen LogP contribution is 2.26. The molecular weight excluding hydrogens is 244 g/mol. The smallest absolute Gasteiger partial charge is 0.250 e. The zero-order valence-electron chi connectivity index (χ0n) is 11.8. The number of hydrogen-bond donors (Lipinski definition) is 1. The molecule has 0 aliphatic carbocycles. The maximum atomic E-state index is 12.5. The normalized spacial score (nSPS) is 20.6. The molecule has 0 aromatic carbocycles. The first kappa shape index (κ1) is 13.6. The molecule has 0 bridgehead atoms. The molecule has 1 N–H and O–H groups in total. The number of anilines is 1. The van der Waals surface area contributed by atoms with Gasteiger partial charge in [0.2, 0.25) is 5.91 Å². The summed E-state index contributed by atoms with van der Waals surface area (Å²) < 4.78 is 1.74. The Labute approximate surface area is 112 Å². The van der Waals surface area contributed by atoms with E-state index < -0.39 is 6.04 Å². The molecule has 1 atom stereocenters. The average Bonchev–Trinajstić information content (AvgIpc) is 2.78. The fraction of sp³-hybridized carbons (Fsp3) is 0.615. The Morgan fingerprint density at radius 1 is 1.42 bits per heavy atom. The van der Waals surface area contributed by atoms with E-state index in [1.165, 1.54) is 4.90 Å². The third-order valence-corrected chi connectivity index (χ3v) is 3.24. The number of hydrogen-bond acceptors (Lipinski definition) is 3. The van der Waals surface area contributed by atoms with Crippen LogP contribution in [0, 0.1) is 5.41 Å². The monoisotopic (exact) mass is 264 g/mol. The molecule has 0 saturated carbocycles. The number of aromatic nitrogens is 2. The Bertz CT molecular complexity index is 501. The van der Waals surface area contributed by atoms with Crippen molar-refractivity contribution >= 4 is 17.5 Å². The maximum Gasteiger partial charge on any atom is 0.250 e. The van der Waals surface area contributed by atoms with Crippen LogP contribution >= 0.6 is 0 Å². The number of aryl methyl sites for hydroxylation is 1. The molecule has 6 nitrogen and oxygen atoms in total. The SMILES string of the molecule is CCn1cc(N2CC(=O)NC(C(C)(C)C)C2=O)cn1. The molecule has 6 heteroatoms. The Morgan fingerprint density at radius 3 is 2.63 bits per heavy atom. The topological polar surface area (TPSA) is 67.2 Å². The minimum atomic E-state index is -0.501. The molecule has 2 rings (SSSR count). The van der Waals surface area contributed by atoms with E-state index in [1.54, 1.807) is 17.1 Å². The van der Waals surface area contributed by atoms with Gasteiger partial charge in [-0.05, 0) is 12.3 Å². The lowest BCUT2D eigenvalue weighted by Gasteiger charge is -2.38. The van der Waals surface area contributed by atoms with Crippen LogP contribution in [0.1, 0.15) is 27.7 Å². The third-order valence-electron chi connectivity index (χ3n) is 3.24. The van der Waals surface area contributed by atoms with Crippen molar-refractivity contribution in [3.05, 3.63) is 12.4 Å². The molecule has 1 aliphatic heterocycles. The lowest BCUT2D eigenvalue weighted by molar-refractivity contribution is -0.133. The fourth-order valence-corrected chi connectivity index (χ4v) is 2.12. The molecule has 0 spiro atoms. The maximum absolute atomic E-state index is 12.5. The van der Waals surface area contributed by atoms with Gasteiger partial charge in [0.15, 0.2) is 0 Å². The number of carbonyl (C=O) groups excluding carboxylic acids is 2. The van der Waals surface area contributed by atoms with E-state index in [0.29, 0.717) is 5.69 Å². The summed E-state index contributed by atoms with van der Waals surface area (Å²) in [5.41, 5.74) is 0.363. The van der Waals surface area contributed by atoms with Crippen LogP contribution in [0.25, 0.3) is 0 Å². The third kappa shape index (κ3) is 2.62. The van der Waals surface area contributed by atoms with Gasteiger partial charge in [0.25, 0.3) is 5.91 Å². The van der Waals surface area contributed by atoms with Crippen LogP contribution in [0.4, 0.5) is 5.69 Å². The Kier molecular flexibility index (Phi) is 3.34. The summed E-state index contributed by atoms with van der Waals surface area (Å²) in [5.74, 6) is -0.216. The molecule has 1 unspecified atom stereocenters.